The van der Waals surface area contributed by atoms with Crippen LogP contribution in [-0.2, 0) is 27.3 Å². The number of carbonyl (C=O) groups excluding carboxylic acids is 1. The average molecular weight is 213 g/mol. The molecule has 72 valence electrons. The fourth-order valence-corrected chi connectivity index (χ4v) is 1.43. The zero-order chi connectivity index (χ0) is 9.72. The molecule has 6 nitrogen and oxygen atoms in total. The molecule has 0 aromatic carbocycles. The van der Waals surface area contributed by atoms with Gasteiger partial charge in [-0.2, -0.15) is 3.71 Å². The van der Waals surface area contributed by atoms with E-state index in [0.717, 1.165) is 0 Å². The fourth-order valence-electron chi connectivity index (χ4n) is 0.521. The number of carbonyl (C=O) groups is 1. The van der Waals surface area contributed by atoms with Crippen molar-refractivity contribution >= 4 is 28.4 Å². The molecule has 0 radical (unpaired) electrons. The largest absolute Gasteiger partial charge is 0.754 e. The Balaban J connectivity index is 4.41. The minimum atomic E-state index is -3.04. The molecule has 0 aliphatic rings. The normalized spacial score (nSPS) is 15.2. The van der Waals surface area contributed by atoms with Crippen LogP contribution >= 0.6 is 0 Å². The standard InChI is InChI=1S/C4H9NO5S2/c1-2-3-4(6)5(11(7)8)12(9)10/h2-3H2,1H3,(H,7,8)(H,9,10)/p-2. The van der Waals surface area contributed by atoms with Crippen LogP contribution in [0.5, 0.6) is 0 Å². The molecule has 0 bridgehead atoms. The van der Waals surface area contributed by atoms with Gasteiger partial charge in [0.1, 0.15) is 0 Å². The van der Waals surface area contributed by atoms with Crippen molar-refractivity contribution in [1.82, 2.24) is 3.71 Å². The molecule has 2 atom stereocenters. The van der Waals surface area contributed by atoms with Crippen molar-refractivity contribution in [1.29, 1.82) is 0 Å². The summed E-state index contributed by atoms with van der Waals surface area (Å²) in [6.45, 7) is 1.64. The molecule has 0 spiro atoms. The van der Waals surface area contributed by atoms with E-state index < -0.39 is 28.4 Å². The predicted molar refractivity (Wildman–Crippen MR) is 39.6 cm³/mol. The molecule has 1 amide bonds. The highest BCUT2D eigenvalue weighted by atomic mass is 32.3. The first-order chi connectivity index (χ1) is 5.50. The highest BCUT2D eigenvalue weighted by Crippen LogP contribution is 2.01. The minimum Gasteiger partial charge on any atom is -0.754 e. The Labute approximate surface area is 74.8 Å². The molecule has 0 N–H and O–H groups in total. The minimum absolute atomic E-state index is 0.109. The third-order valence-corrected chi connectivity index (χ3v) is 2.62. The van der Waals surface area contributed by atoms with E-state index in [0.29, 0.717) is 6.42 Å². The maximum atomic E-state index is 10.8. The van der Waals surface area contributed by atoms with Crippen molar-refractivity contribution in [2.75, 3.05) is 0 Å². The van der Waals surface area contributed by atoms with Gasteiger partial charge < -0.3 is 9.11 Å². The summed E-state index contributed by atoms with van der Waals surface area (Å²) >= 11 is -6.09. The second-order valence-corrected chi connectivity index (χ2v) is 3.66. The summed E-state index contributed by atoms with van der Waals surface area (Å²) in [4.78, 5) is 10.8. The van der Waals surface area contributed by atoms with Crippen molar-refractivity contribution in [3.8, 4) is 0 Å². The van der Waals surface area contributed by atoms with Gasteiger partial charge in [-0.25, -0.2) is 0 Å². The van der Waals surface area contributed by atoms with Crippen LogP contribution in [0, 0.1) is 0 Å². The lowest BCUT2D eigenvalue weighted by atomic mass is 10.3. The molecule has 0 fully saturated rings. The van der Waals surface area contributed by atoms with Crippen LogP contribution in [0.4, 0.5) is 0 Å². The average Bonchev–Trinajstić information content (AvgIpc) is 1.85. The molecule has 0 heterocycles. The van der Waals surface area contributed by atoms with Crippen LogP contribution in [-0.4, -0.2) is 27.1 Å². The van der Waals surface area contributed by atoms with Crippen molar-refractivity contribution < 1.29 is 22.3 Å². The van der Waals surface area contributed by atoms with Gasteiger partial charge in [-0.1, -0.05) is 6.92 Å². The molecular formula is C4H7NO5S2-2. The van der Waals surface area contributed by atoms with Crippen LogP contribution in [0.25, 0.3) is 0 Å². The van der Waals surface area contributed by atoms with E-state index >= 15 is 0 Å². The molecule has 12 heavy (non-hydrogen) atoms. The zero-order valence-corrected chi connectivity index (χ0v) is 7.85. The van der Waals surface area contributed by atoms with Gasteiger partial charge in [-0.3, -0.25) is 13.2 Å². The predicted octanol–water partition coefficient (Wildman–Crippen LogP) is -0.797. The van der Waals surface area contributed by atoms with E-state index in [4.69, 9.17) is 0 Å². The third-order valence-electron chi connectivity index (χ3n) is 0.938. The van der Waals surface area contributed by atoms with E-state index in [1.807, 2.05) is 0 Å². The molecule has 0 rings (SSSR count). The second-order valence-electron chi connectivity index (χ2n) is 1.84. The summed E-state index contributed by atoms with van der Waals surface area (Å²) in [6, 6.07) is 0. The van der Waals surface area contributed by atoms with Crippen LogP contribution in [0.15, 0.2) is 0 Å². The molecule has 0 aliphatic carbocycles. The summed E-state index contributed by atoms with van der Waals surface area (Å²) in [5.41, 5.74) is 0. The molecular weight excluding hydrogens is 206 g/mol. The topological polar surface area (TPSA) is 101 Å². The second kappa shape index (κ2) is 5.36. The zero-order valence-electron chi connectivity index (χ0n) is 6.22. The lowest BCUT2D eigenvalue weighted by Crippen LogP contribution is -2.33. The summed E-state index contributed by atoms with van der Waals surface area (Å²) in [7, 11) is 0. The van der Waals surface area contributed by atoms with Crippen molar-refractivity contribution in [2.24, 2.45) is 0 Å². The Kier molecular flexibility index (Phi) is 5.22. The Morgan fingerprint density at radius 3 is 2.00 bits per heavy atom. The van der Waals surface area contributed by atoms with E-state index in [1.54, 1.807) is 6.92 Å². The molecule has 0 aliphatic heterocycles. The number of rotatable bonds is 4. The highest BCUT2D eigenvalue weighted by Gasteiger charge is 2.13. The maximum Gasteiger partial charge on any atom is 0.244 e. The number of hydrogen-bond donors (Lipinski definition) is 0. The van der Waals surface area contributed by atoms with Gasteiger partial charge in [0.2, 0.25) is 5.91 Å². The third kappa shape index (κ3) is 3.39. The van der Waals surface area contributed by atoms with Crippen LogP contribution in [0.1, 0.15) is 19.8 Å². The van der Waals surface area contributed by atoms with Crippen molar-refractivity contribution in [3.05, 3.63) is 0 Å². The first kappa shape index (κ1) is 11.7. The number of hydrogen-bond acceptors (Lipinski definition) is 5. The van der Waals surface area contributed by atoms with Gasteiger partial charge in [0.15, 0.2) is 0 Å². The Morgan fingerprint density at radius 1 is 1.33 bits per heavy atom. The summed E-state index contributed by atoms with van der Waals surface area (Å²) in [6.07, 6.45) is 0.283. The SMILES string of the molecule is CCCC(=O)N(S(=O)[O-])S(=O)[O-]. The smallest absolute Gasteiger partial charge is 0.244 e. The fraction of sp³-hybridized carbons (Fsp3) is 0.750. The van der Waals surface area contributed by atoms with Gasteiger partial charge in [-0.05, 0) is 6.42 Å². The summed E-state index contributed by atoms with van der Waals surface area (Å²) in [5.74, 6) is -0.945. The molecule has 0 saturated carbocycles. The number of amides is 1. The van der Waals surface area contributed by atoms with E-state index in [2.05, 4.69) is 0 Å². The summed E-state index contributed by atoms with van der Waals surface area (Å²) in [5, 5.41) is 0. The lowest BCUT2D eigenvalue weighted by molar-refractivity contribution is -0.123. The van der Waals surface area contributed by atoms with Gasteiger partial charge in [0.25, 0.3) is 0 Å². The Bertz CT molecular complexity index is 203. The van der Waals surface area contributed by atoms with Gasteiger partial charge in [-0.15, -0.1) is 0 Å². The molecule has 8 heteroatoms. The van der Waals surface area contributed by atoms with Crippen molar-refractivity contribution in [2.45, 2.75) is 19.8 Å². The Morgan fingerprint density at radius 2 is 1.75 bits per heavy atom. The molecule has 0 aromatic heterocycles. The van der Waals surface area contributed by atoms with E-state index in [1.165, 1.54) is 0 Å². The summed E-state index contributed by atoms with van der Waals surface area (Å²) < 4.78 is 40.5. The monoisotopic (exact) mass is 213 g/mol. The van der Waals surface area contributed by atoms with Crippen LogP contribution in [0.3, 0.4) is 0 Å². The first-order valence-electron chi connectivity index (χ1n) is 3.02. The van der Waals surface area contributed by atoms with Crippen LogP contribution in [0.2, 0.25) is 0 Å². The van der Waals surface area contributed by atoms with E-state index in [-0.39, 0.29) is 10.1 Å². The number of nitrogens with zero attached hydrogens (tertiary/aromatic N) is 1. The Hall–Kier alpha value is -0.310. The molecule has 0 saturated heterocycles. The van der Waals surface area contributed by atoms with Crippen molar-refractivity contribution in [3.63, 3.8) is 0 Å². The molecule has 2 unspecified atom stereocenters. The highest BCUT2D eigenvalue weighted by molar-refractivity contribution is 7.93. The van der Waals surface area contributed by atoms with Gasteiger partial charge in [0.05, 0.1) is 22.5 Å². The lowest BCUT2D eigenvalue weighted by Gasteiger charge is -2.24. The first-order valence-corrected chi connectivity index (χ1v) is 5.08. The van der Waals surface area contributed by atoms with Crippen LogP contribution < -0.4 is 0 Å². The molecule has 0 aromatic rings. The quantitative estimate of drug-likeness (QED) is 0.569. The van der Waals surface area contributed by atoms with Gasteiger partial charge in [0, 0.05) is 6.42 Å². The maximum absolute atomic E-state index is 10.8. The van der Waals surface area contributed by atoms with Gasteiger partial charge >= 0.3 is 0 Å². The van der Waals surface area contributed by atoms with E-state index in [9.17, 15) is 22.3 Å².